The molecule has 2 aromatic rings. The smallest absolute Gasteiger partial charge is 0.328 e. The van der Waals surface area contributed by atoms with Gasteiger partial charge in [-0.3, -0.25) is 19.1 Å². The third-order valence-corrected chi connectivity index (χ3v) is 4.77. The average Bonchev–Trinajstić information content (AvgIpc) is 3.14. The summed E-state index contributed by atoms with van der Waals surface area (Å²) in [6.07, 6.45) is -2.13. The largest absolute Gasteiger partial charge is 0.388 e. The van der Waals surface area contributed by atoms with Crippen LogP contribution in [0.4, 0.5) is 0 Å². The number of carbonyl (C=O) groups is 1. The molecule has 1 saturated heterocycles. The predicted octanol–water partition coefficient (Wildman–Crippen LogP) is -1.78. The number of hydrogen-bond donors (Lipinski definition) is 4. The van der Waals surface area contributed by atoms with Gasteiger partial charge in [-0.1, -0.05) is 0 Å². The molecule has 0 spiro atoms. The zero-order valence-electron chi connectivity index (χ0n) is 13.8. The van der Waals surface area contributed by atoms with E-state index in [1.54, 1.807) is 12.3 Å². The molecule has 0 unspecified atom stereocenters. The van der Waals surface area contributed by atoms with Crippen molar-refractivity contribution in [3.63, 3.8) is 0 Å². The van der Waals surface area contributed by atoms with Crippen molar-refractivity contribution in [3.8, 4) is 0 Å². The lowest BCUT2D eigenvalue weighted by atomic mass is 9.97. The molecule has 0 radical (unpaired) electrons. The van der Waals surface area contributed by atoms with E-state index in [1.807, 2.05) is 0 Å². The van der Waals surface area contributed by atoms with Gasteiger partial charge in [0, 0.05) is 17.1 Å². The molecule has 10 nitrogen and oxygen atoms in total. The second kappa shape index (κ2) is 7.50. The fourth-order valence-corrected chi connectivity index (χ4v) is 3.22. The van der Waals surface area contributed by atoms with E-state index in [9.17, 15) is 24.6 Å². The van der Waals surface area contributed by atoms with Crippen LogP contribution in [0.25, 0.3) is 0 Å². The number of aryl methyl sites for hydroxylation is 1. The fraction of sp³-hybridized carbons (Fsp3) is 0.467. The van der Waals surface area contributed by atoms with Crippen molar-refractivity contribution in [1.29, 1.82) is 0 Å². The number of aliphatic hydroxyl groups excluding tert-OH is 2. The monoisotopic (exact) mass is 382 g/mol. The molecule has 140 valence electrons. The van der Waals surface area contributed by atoms with Crippen LogP contribution in [0.5, 0.6) is 0 Å². The van der Waals surface area contributed by atoms with Crippen LogP contribution in [0, 0.1) is 6.92 Å². The van der Waals surface area contributed by atoms with Gasteiger partial charge in [-0.25, -0.2) is 9.78 Å². The number of nitrogens with one attached hydrogen (secondary N) is 2. The van der Waals surface area contributed by atoms with Gasteiger partial charge in [-0.15, -0.1) is 11.3 Å². The summed E-state index contributed by atoms with van der Waals surface area (Å²) < 4.78 is 6.73. The number of amides is 1. The maximum atomic E-state index is 12.0. The van der Waals surface area contributed by atoms with E-state index in [1.165, 1.54) is 27.6 Å². The van der Waals surface area contributed by atoms with E-state index in [0.717, 1.165) is 0 Å². The van der Waals surface area contributed by atoms with Gasteiger partial charge in [0.05, 0.1) is 24.7 Å². The van der Waals surface area contributed by atoms with E-state index in [-0.39, 0.29) is 18.8 Å². The number of H-pyrrole nitrogens is 1. The lowest BCUT2D eigenvalue weighted by molar-refractivity contribution is -0.152. The number of aliphatic hydroxyl groups is 2. The van der Waals surface area contributed by atoms with Crippen molar-refractivity contribution < 1.29 is 19.7 Å². The highest BCUT2D eigenvalue weighted by molar-refractivity contribution is 7.07. The van der Waals surface area contributed by atoms with E-state index in [4.69, 9.17) is 4.74 Å². The summed E-state index contributed by atoms with van der Waals surface area (Å²) >= 11 is 1.26. The van der Waals surface area contributed by atoms with Gasteiger partial charge < -0.3 is 20.3 Å². The molecule has 1 aliphatic heterocycles. The van der Waals surface area contributed by atoms with Crippen molar-refractivity contribution in [2.45, 2.75) is 37.8 Å². The van der Waals surface area contributed by atoms with Crippen LogP contribution in [0.1, 0.15) is 16.1 Å². The van der Waals surface area contributed by atoms with Gasteiger partial charge in [0.25, 0.3) is 11.5 Å². The molecule has 1 amide bonds. The minimum Gasteiger partial charge on any atom is -0.388 e. The Balaban J connectivity index is 1.67. The topological polar surface area (TPSA) is 147 Å². The molecular formula is C15H18N4O6S. The van der Waals surface area contributed by atoms with E-state index in [2.05, 4.69) is 15.3 Å². The van der Waals surface area contributed by atoms with Crippen molar-refractivity contribution in [1.82, 2.24) is 19.9 Å². The van der Waals surface area contributed by atoms with Crippen molar-refractivity contribution >= 4 is 17.2 Å². The summed E-state index contributed by atoms with van der Waals surface area (Å²) in [6, 6.07) is -0.815. The Kier molecular flexibility index (Phi) is 5.32. The summed E-state index contributed by atoms with van der Waals surface area (Å²) in [6.45, 7) is 1.45. The molecule has 3 heterocycles. The second-order valence-electron chi connectivity index (χ2n) is 6.03. The Hall–Kier alpha value is -2.34. The first-order valence-electron chi connectivity index (χ1n) is 7.84. The lowest BCUT2D eigenvalue weighted by Crippen LogP contribution is -2.60. The number of nitrogens with zero attached hydrogens (tertiary/aromatic N) is 2. The molecule has 4 atom stereocenters. The molecule has 2 aromatic heterocycles. The molecule has 11 heteroatoms. The number of hydrogen-bond acceptors (Lipinski definition) is 8. The summed E-state index contributed by atoms with van der Waals surface area (Å²) in [5.41, 5.74) is 0.946. The molecule has 1 fully saturated rings. The quantitative estimate of drug-likeness (QED) is 0.489. The van der Waals surface area contributed by atoms with Gasteiger partial charge in [-0.05, 0) is 6.92 Å². The summed E-state index contributed by atoms with van der Waals surface area (Å²) in [5.74, 6) is -0.475. The van der Waals surface area contributed by atoms with Gasteiger partial charge in [-0.2, -0.15) is 0 Å². The van der Waals surface area contributed by atoms with Crippen molar-refractivity contribution in [3.05, 3.63) is 49.2 Å². The SMILES string of the molecule is Cc1cn(C[C@H]2OC[C@@H](NC(=O)c3cscn3)[C@H](O)[C@@H]2O)c(=O)[nH]c1=O. The maximum Gasteiger partial charge on any atom is 0.328 e. The number of rotatable bonds is 4. The zero-order chi connectivity index (χ0) is 18.8. The van der Waals surface area contributed by atoms with Crippen LogP contribution in [0.3, 0.4) is 0 Å². The van der Waals surface area contributed by atoms with Gasteiger partial charge >= 0.3 is 5.69 Å². The lowest BCUT2D eigenvalue weighted by Gasteiger charge is -2.38. The number of aromatic amines is 1. The Bertz CT molecular complexity index is 892. The number of aromatic nitrogens is 3. The van der Waals surface area contributed by atoms with E-state index < -0.39 is 41.5 Å². The number of ether oxygens (including phenoxy) is 1. The molecule has 1 aliphatic rings. The molecule has 3 rings (SSSR count). The highest BCUT2D eigenvalue weighted by atomic mass is 32.1. The number of carbonyl (C=O) groups excluding carboxylic acids is 1. The fourth-order valence-electron chi connectivity index (χ4n) is 2.69. The molecule has 0 aromatic carbocycles. The van der Waals surface area contributed by atoms with Crippen LogP contribution in [-0.4, -0.2) is 61.6 Å². The summed E-state index contributed by atoms with van der Waals surface area (Å²) in [5, 5.41) is 24.7. The van der Waals surface area contributed by atoms with E-state index >= 15 is 0 Å². The van der Waals surface area contributed by atoms with Gasteiger partial charge in [0.1, 0.15) is 24.0 Å². The maximum absolute atomic E-state index is 12.0. The van der Waals surface area contributed by atoms with Gasteiger partial charge in [0.2, 0.25) is 0 Å². The van der Waals surface area contributed by atoms with Crippen LogP contribution in [0.2, 0.25) is 0 Å². The number of thiazole rings is 1. The first-order valence-corrected chi connectivity index (χ1v) is 8.78. The van der Waals surface area contributed by atoms with Crippen LogP contribution in [-0.2, 0) is 11.3 Å². The highest BCUT2D eigenvalue weighted by Gasteiger charge is 2.39. The Morgan fingerprint density at radius 2 is 2.23 bits per heavy atom. The molecule has 0 saturated carbocycles. The van der Waals surface area contributed by atoms with Crippen molar-refractivity contribution in [2.24, 2.45) is 0 Å². The summed E-state index contributed by atoms with van der Waals surface area (Å²) in [7, 11) is 0. The average molecular weight is 382 g/mol. The standard InChI is InChI=1S/C15H18N4O6S/c1-7-2-19(15(24)18-13(7)22)3-10-12(21)11(20)8(4-25-10)17-14(23)9-5-26-6-16-9/h2,5-6,8,10-12,20-21H,3-4H2,1H3,(H,17,23)(H,18,22,24)/t8-,10-,11+,12-/m1/s1. The molecule has 0 aliphatic carbocycles. The second-order valence-corrected chi connectivity index (χ2v) is 6.75. The minimum atomic E-state index is -1.33. The zero-order valence-corrected chi connectivity index (χ0v) is 14.6. The first kappa shape index (κ1) is 18.5. The van der Waals surface area contributed by atoms with Crippen LogP contribution < -0.4 is 16.6 Å². The Labute approximate surface area is 151 Å². The van der Waals surface area contributed by atoms with Crippen LogP contribution >= 0.6 is 11.3 Å². The third-order valence-electron chi connectivity index (χ3n) is 4.18. The molecule has 0 bridgehead atoms. The summed E-state index contributed by atoms with van der Waals surface area (Å²) in [4.78, 5) is 41.3. The molecular weight excluding hydrogens is 364 g/mol. The third kappa shape index (κ3) is 3.75. The van der Waals surface area contributed by atoms with Gasteiger partial charge in [0.15, 0.2) is 0 Å². The van der Waals surface area contributed by atoms with Crippen molar-refractivity contribution in [2.75, 3.05) is 6.61 Å². The van der Waals surface area contributed by atoms with E-state index in [0.29, 0.717) is 5.56 Å². The predicted molar refractivity (Wildman–Crippen MR) is 91.2 cm³/mol. The first-order chi connectivity index (χ1) is 12.4. The molecule has 4 N–H and O–H groups in total. The molecule has 26 heavy (non-hydrogen) atoms. The normalized spacial score (nSPS) is 25.8. The highest BCUT2D eigenvalue weighted by Crippen LogP contribution is 2.17. The minimum absolute atomic E-state index is 0.0458. The Morgan fingerprint density at radius 3 is 2.92 bits per heavy atom. The van der Waals surface area contributed by atoms with Crippen LogP contribution in [0.15, 0.2) is 26.7 Å². The Morgan fingerprint density at radius 1 is 1.46 bits per heavy atom.